The number of sulfonamides is 1. The van der Waals surface area contributed by atoms with E-state index >= 15 is 0 Å². The van der Waals surface area contributed by atoms with Crippen molar-refractivity contribution >= 4 is 39.7 Å². The molecule has 0 saturated carbocycles. The third-order valence-corrected chi connectivity index (χ3v) is 5.42. The first-order valence-electron chi connectivity index (χ1n) is 7.96. The van der Waals surface area contributed by atoms with E-state index in [0.717, 1.165) is 24.9 Å². The highest BCUT2D eigenvalue weighted by molar-refractivity contribution is 7.92. The van der Waals surface area contributed by atoms with Gasteiger partial charge in [0.25, 0.3) is 0 Å². The van der Waals surface area contributed by atoms with Crippen molar-refractivity contribution in [2.24, 2.45) is 5.92 Å². The van der Waals surface area contributed by atoms with Gasteiger partial charge < -0.3 is 10.6 Å². The standard InChI is InChI=1S/C16H25N3O3S.ClH/c1-4-23(21,22)19-15-6-5-14(9-11(15)2)18-16(20)13-7-8-17-12(3)10-13;/h5-6,9,12-13,17,19H,4,7-8,10H2,1-3H3,(H,18,20);1H/t12-,13-;/m0./s1. The molecule has 1 heterocycles. The second-order valence-corrected chi connectivity index (χ2v) is 8.11. The number of hydrogen-bond donors (Lipinski definition) is 3. The normalized spacial score (nSPS) is 20.8. The number of aryl methyl sites for hydroxylation is 1. The van der Waals surface area contributed by atoms with Gasteiger partial charge in [-0.1, -0.05) is 0 Å². The van der Waals surface area contributed by atoms with Gasteiger partial charge in [0, 0.05) is 17.6 Å². The van der Waals surface area contributed by atoms with Crippen LogP contribution in [0.25, 0.3) is 0 Å². The lowest BCUT2D eigenvalue weighted by Gasteiger charge is -2.27. The van der Waals surface area contributed by atoms with E-state index in [-0.39, 0.29) is 30.0 Å². The second-order valence-electron chi connectivity index (χ2n) is 6.10. The molecule has 6 nitrogen and oxygen atoms in total. The average molecular weight is 376 g/mol. The Morgan fingerprint density at radius 1 is 1.38 bits per heavy atom. The quantitative estimate of drug-likeness (QED) is 0.737. The SMILES string of the molecule is CCS(=O)(=O)Nc1ccc(NC(=O)[C@H]2CCN[C@@H](C)C2)cc1C.Cl. The summed E-state index contributed by atoms with van der Waals surface area (Å²) in [5.74, 6) is 0.0724. The third-order valence-electron chi connectivity index (χ3n) is 4.13. The summed E-state index contributed by atoms with van der Waals surface area (Å²) in [6, 6.07) is 5.55. The van der Waals surface area contributed by atoms with Crippen LogP contribution in [0, 0.1) is 12.8 Å². The van der Waals surface area contributed by atoms with Crippen LogP contribution in [0.15, 0.2) is 18.2 Å². The van der Waals surface area contributed by atoms with Crippen LogP contribution in [0.2, 0.25) is 0 Å². The molecule has 2 rings (SSSR count). The first kappa shape index (κ1) is 20.7. The molecule has 0 bridgehead atoms. The van der Waals surface area contributed by atoms with Gasteiger partial charge in [-0.05, 0) is 63.9 Å². The van der Waals surface area contributed by atoms with Gasteiger partial charge >= 0.3 is 0 Å². The van der Waals surface area contributed by atoms with Gasteiger partial charge in [0.2, 0.25) is 15.9 Å². The van der Waals surface area contributed by atoms with Gasteiger partial charge in [0.15, 0.2) is 0 Å². The third kappa shape index (κ3) is 5.65. The molecular formula is C16H26ClN3O3S. The Morgan fingerprint density at radius 2 is 2.08 bits per heavy atom. The number of nitrogens with one attached hydrogen (secondary N) is 3. The van der Waals surface area contributed by atoms with Crippen LogP contribution < -0.4 is 15.4 Å². The van der Waals surface area contributed by atoms with Gasteiger partial charge in [-0.25, -0.2) is 8.42 Å². The molecule has 0 aliphatic carbocycles. The van der Waals surface area contributed by atoms with E-state index in [4.69, 9.17) is 0 Å². The van der Waals surface area contributed by atoms with Crippen molar-refractivity contribution in [1.82, 2.24) is 5.32 Å². The van der Waals surface area contributed by atoms with Gasteiger partial charge in [0.05, 0.1) is 11.4 Å². The molecule has 24 heavy (non-hydrogen) atoms. The summed E-state index contributed by atoms with van der Waals surface area (Å²) in [4.78, 5) is 12.3. The number of anilines is 2. The predicted molar refractivity (Wildman–Crippen MR) is 100 cm³/mol. The van der Waals surface area contributed by atoms with Crippen LogP contribution in [0.5, 0.6) is 0 Å². The molecule has 1 aliphatic rings. The number of amides is 1. The van der Waals surface area contributed by atoms with Gasteiger partial charge in [-0.2, -0.15) is 0 Å². The van der Waals surface area contributed by atoms with Crippen LogP contribution >= 0.6 is 12.4 Å². The average Bonchev–Trinajstić information content (AvgIpc) is 2.50. The molecule has 2 atom stereocenters. The smallest absolute Gasteiger partial charge is 0.232 e. The highest BCUT2D eigenvalue weighted by Gasteiger charge is 2.24. The van der Waals surface area contributed by atoms with E-state index in [1.54, 1.807) is 25.1 Å². The maximum atomic E-state index is 12.3. The second kappa shape index (κ2) is 8.69. The zero-order valence-electron chi connectivity index (χ0n) is 14.3. The minimum atomic E-state index is -3.30. The van der Waals surface area contributed by atoms with Crippen molar-refractivity contribution < 1.29 is 13.2 Å². The number of rotatable bonds is 5. The molecule has 3 N–H and O–H groups in total. The minimum Gasteiger partial charge on any atom is -0.326 e. The summed E-state index contributed by atoms with van der Waals surface area (Å²) in [6.45, 7) is 6.34. The molecule has 0 spiro atoms. The van der Waals surface area contributed by atoms with Crippen LogP contribution in [0.1, 0.15) is 32.3 Å². The molecule has 0 aromatic heterocycles. The summed E-state index contributed by atoms with van der Waals surface area (Å²) in [7, 11) is -3.30. The molecule has 1 saturated heterocycles. The van der Waals surface area contributed by atoms with E-state index < -0.39 is 10.0 Å². The number of benzene rings is 1. The fourth-order valence-corrected chi connectivity index (χ4v) is 3.42. The number of hydrogen-bond acceptors (Lipinski definition) is 4. The van der Waals surface area contributed by atoms with Gasteiger partial charge in [-0.15, -0.1) is 12.4 Å². The number of carbonyl (C=O) groups excluding carboxylic acids is 1. The van der Waals surface area contributed by atoms with Crippen LogP contribution in [-0.4, -0.2) is 32.7 Å². The lowest BCUT2D eigenvalue weighted by Crippen LogP contribution is -2.40. The maximum absolute atomic E-state index is 12.3. The highest BCUT2D eigenvalue weighted by atomic mass is 35.5. The Morgan fingerprint density at radius 3 is 2.67 bits per heavy atom. The largest absolute Gasteiger partial charge is 0.326 e. The monoisotopic (exact) mass is 375 g/mol. The lowest BCUT2D eigenvalue weighted by atomic mass is 9.92. The summed E-state index contributed by atoms with van der Waals surface area (Å²) in [6.07, 6.45) is 1.67. The van der Waals surface area contributed by atoms with Gasteiger partial charge in [0.1, 0.15) is 0 Å². The molecule has 8 heteroatoms. The van der Waals surface area contributed by atoms with Crippen molar-refractivity contribution in [2.45, 2.75) is 39.7 Å². The molecule has 1 fully saturated rings. The molecule has 1 aromatic carbocycles. The molecule has 136 valence electrons. The Labute approximate surface area is 150 Å². The Bertz CT molecular complexity index is 679. The topological polar surface area (TPSA) is 87.3 Å². The zero-order valence-corrected chi connectivity index (χ0v) is 15.9. The first-order valence-corrected chi connectivity index (χ1v) is 9.61. The van der Waals surface area contributed by atoms with E-state index in [1.807, 2.05) is 6.92 Å². The lowest BCUT2D eigenvalue weighted by molar-refractivity contribution is -0.120. The van der Waals surface area contributed by atoms with Crippen molar-refractivity contribution in [3.05, 3.63) is 23.8 Å². The number of halogens is 1. The van der Waals surface area contributed by atoms with Crippen LogP contribution in [-0.2, 0) is 14.8 Å². The van der Waals surface area contributed by atoms with E-state index in [9.17, 15) is 13.2 Å². The Hall–Kier alpha value is -1.31. The number of carbonyl (C=O) groups is 1. The summed E-state index contributed by atoms with van der Waals surface area (Å²) in [5.41, 5.74) is 2.01. The summed E-state index contributed by atoms with van der Waals surface area (Å²) >= 11 is 0. The minimum absolute atomic E-state index is 0. The predicted octanol–water partition coefficient (Wildman–Crippen LogP) is 2.51. The molecule has 1 aliphatic heterocycles. The zero-order chi connectivity index (χ0) is 17.0. The molecule has 1 aromatic rings. The van der Waals surface area contributed by atoms with Crippen molar-refractivity contribution in [3.63, 3.8) is 0 Å². The molecule has 1 amide bonds. The maximum Gasteiger partial charge on any atom is 0.232 e. The van der Waals surface area contributed by atoms with Crippen molar-refractivity contribution in [3.8, 4) is 0 Å². The van der Waals surface area contributed by atoms with Gasteiger partial charge in [-0.3, -0.25) is 9.52 Å². The Kier molecular flexibility index (Phi) is 7.51. The fraction of sp³-hybridized carbons (Fsp3) is 0.562. The van der Waals surface area contributed by atoms with Crippen LogP contribution in [0.3, 0.4) is 0 Å². The Balaban J connectivity index is 0.00000288. The first-order chi connectivity index (χ1) is 10.8. The summed E-state index contributed by atoms with van der Waals surface area (Å²) < 4.78 is 25.8. The van der Waals surface area contributed by atoms with Crippen molar-refractivity contribution in [2.75, 3.05) is 22.3 Å². The molecule has 0 unspecified atom stereocenters. The van der Waals surface area contributed by atoms with E-state index in [2.05, 4.69) is 22.3 Å². The van der Waals surface area contributed by atoms with Crippen molar-refractivity contribution in [1.29, 1.82) is 0 Å². The number of piperidine rings is 1. The molecular weight excluding hydrogens is 350 g/mol. The molecule has 0 radical (unpaired) electrons. The van der Waals surface area contributed by atoms with E-state index in [0.29, 0.717) is 17.4 Å². The van der Waals surface area contributed by atoms with Crippen LogP contribution in [0.4, 0.5) is 11.4 Å². The highest BCUT2D eigenvalue weighted by Crippen LogP contribution is 2.23. The fourth-order valence-electron chi connectivity index (χ4n) is 2.71. The van der Waals surface area contributed by atoms with E-state index in [1.165, 1.54) is 0 Å². The summed E-state index contributed by atoms with van der Waals surface area (Å²) in [5, 5.41) is 6.26.